The molecule has 0 spiro atoms. The van der Waals surface area contributed by atoms with Gasteiger partial charge >= 0.3 is 6.61 Å². The number of hydrogen-bond donors (Lipinski definition) is 3. The summed E-state index contributed by atoms with van der Waals surface area (Å²) in [6, 6.07) is 1.26. The van der Waals surface area contributed by atoms with Gasteiger partial charge in [-0.3, -0.25) is 14.7 Å². The van der Waals surface area contributed by atoms with Crippen molar-refractivity contribution < 1.29 is 23.1 Å². The van der Waals surface area contributed by atoms with Crippen LogP contribution in [0, 0.1) is 0 Å². The molecule has 0 radical (unpaired) electrons. The molecule has 0 bridgehead atoms. The number of carbonyl (C=O) groups excluding carboxylic acids is 2. The van der Waals surface area contributed by atoms with Crippen LogP contribution in [0.5, 0.6) is 5.75 Å². The van der Waals surface area contributed by atoms with E-state index in [-0.39, 0.29) is 17.2 Å². The molecule has 0 aromatic carbocycles. The van der Waals surface area contributed by atoms with E-state index in [1.54, 1.807) is 0 Å². The Morgan fingerprint density at radius 3 is 2.95 bits per heavy atom. The van der Waals surface area contributed by atoms with Crippen molar-refractivity contribution in [3.63, 3.8) is 0 Å². The number of alkyl halides is 2. The Bertz CT molecular complexity index is 615. The lowest BCUT2D eigenvalue weighted by Crippen LogP contribution is -2.32. The topological polar surface area (TPSA) is 96.1 Å². The summed E-state index contributed by atoms with van der Waals surface area (Å²) in [6.45, 7) is -3.33. The molecule has 0 saturated heterocycles. The molecule has 2 aromatic rings. The number of amides is 2. The summed E-state index contributed by atoms with van der Waals surface area (Å²) in [5, 5.41) is 12.4. The molecule has 2 rings (SSSR count). The fraction of sp³-hybridized carbons (Fsp3) is 0.182. The number of nitrogens with one attached hydrogen (secondary N) is 3. The van der Waals surface area contributed by atoms with Crippen molar-refractivity contribution in [2.75, 3.05) is 11.9 Å². The van der Waals surface area contributed by atoms with Crippen LogP contribution in [0.2, 0.25) is 0 Å². The minimum absolute atomic E-state index is 0.0218. The van der Waals surface area contributed by atoms with E-state index in [9.17, 15) is 18.4 Å². The molecular weight excluding hydrogens is 306 g/mol. The van der Waals surface area contributed by atoms with Crippen molar-refractivity contribution in [3.8, 4) is 5.75 Å². The van der Waals surface area contributed by atoms with E-state index in [0.717, 1.165) is 11.3 Å². The normalized spacial score (nSPS) is 10.4. The summed E-state index contributed by atoms with van der Waals surface area (Å²) >= 11 is 0.940. The molecule has 112 valence electrons. The molecule has 0 aliphatic carbocycles. The Kier molecular flexibility index (Phi) is 4.82. The Labute approximate surface area is 121 Å². The van der Waals surface area contributed by atoms with Crippen LogP contribution in [-0.4, -0.2) is 35.2 Å². The molecule has 0 aliphatic heterocycles. The van der Waals surface area contributed by atoms with E-state index in [2.05, 4.69) is 25.6 Å². The summed E-state index contributed by atoms with van der Waals surface area (Å²) < 4.78 is 28.5. The zero-order valence-electron chi connectivity index (χ0n) is 10.4. The molecule has 2 amide bonds. The first-order valence-corrected chi connectivity index (χ1v) is 6.53. The number of anilines is 1. The molecule has 2 heterocycles. The van der Waals surface area contributed by atoms with Gasteiger partial charge in [-0.2, -0.15) is 13.9 Å². The van der Waals surface area contributed by atoms with Crippen molar-refractivity contribution in [1.29, 1.82) is 0 Å². The summed E-state index contributed by atoms with van der Waals surface area (Å²) in [7, 11) is 0. The molecule has 0 unspecified atom stereocenters. The zero-order chi connectivity index (χ0) is 15.2. The van der Waals surface area contributed by atoms with Crippen LogP contribution in [-0.2, 0) is 4.79 Å². The third kappa shape index (κ3) is 4.24. The highest BCUT2D eigenvalue weighted by atomic mass is 32.1. The van der Waals surface area contributed by atoms with Crippen molar-refractivity contribution in [2.24, 2.45) is 0 Å². The maximum Gasteiger partial charge on any atom is 0.387 e. The highest BCUT2D eigenvalue weighted by Crippen LogP contribution is 2.26. The largest absolute Gasteiger partial charge is 0.433 e. The zero-order valence-corrected chi connectivity index (χ0v) is 11.2. The second-order valence-corrected chi connectivity index (χ2v) is 4.63. The van der Waals surface area contributed by atoms with Crippen molar-refractivity contribution in [1.82, 2.24) is 15.5 Å². The van der Waals surface area contributed by atoms with Crippen LogP contribution >= 0.6 is 11.3 Å². The highest BCUT2D eigenvalue weighted by Gasteiger charge is 2.18. The summed E-state index contributed by atoms with van der Waals surface area (Å²) in [5.41, 5.74) is 0.451. The van der Waals surface area contributed by atoms with Gasteiger partial charge in [0.05, 0.1) is 18.4 Å². The van der Waals surface area contributed by atoms with Gasteiger partial charge in [0.15, 0.2) is 0 Å². The lowest BCUT2D eigenvalue weighted by molar-refractivity contribution is -0.115. The van der Waals surface area contributed by atoms with E-state index in [4.69, 9.17) is 0 Å². The first kappa shape index (κ1) is 14.9. The number of aromatic amines is 1. The van der Waals surface area contributed by atoms with Crippen LogP contribution in [0.1, 0.15) is 9.67 Å². The molecule has 21 heavy (non-hydrogen) atoms. The third-order valence-corrected chi connectivity index (χ3v) is 3.14. The van der Waals surface area contributed by atoms with E-state index in [0.29, 0.717) is 5.69 Å². The molecule has 10 heteroatoms. The van der Waals surface area contributed by atoms with Gasteiger partial charge in [0.2, 0.25) is 5.91 Å². The maximum atomic E-state index is 12.1. The van der Waals surface area contributed by atoms with Crippen LogP contribution in [0.3, 0.4) is 0 Å². The number of aromatic nitrogens is 2. The first-order valence-electron chi connectivity index (χ1n) is 5.65. The minimum atomic E-state index is -3.02. The van der Waals surface area contributed by atoms with Crippen molar-refractivity contribution >= 4 is 28.8 Å². The minimum Gasteiger partial charge on any atom is -0.433 e. The van der Waals surface area contributed by atoms with Crippen LogP contribution in [0.4, 0.5) is 14.5 Å². The van der Waals surface area contributed by atoms with Gasteiger partial charge in [0.1, 0.15) is 10.6 Å². The Morgan fingerprint density at radius 2 is 2.29 bits per heavy atom. The molecular formula is C11H10F2N4O3S. The van der Waals surface area contributed by atoms with Crippen LogP contribution in [0.15, 0.2) is 23.8 Å². The summed E-state index contributed by atoms with van der Waals surface area (Å²) in [6.07, 6.45) is 2.86. The average molecular weight is 316 g/mol. The predicted molar refractivity (Wildman–Crippen MR) is 70.5 cm³/mol. The molecule has 3 N–H and O–H groups in total. The monoisotopic (exact) mass is 316 g/mol. The van der Waals surface area contributed by atoms with Gasteiger partial charge in [-0.15, -0.1) is 11.3 Å². The van der Waals surface area contributed by atoms with Crippen molar-refractivity contribution in [3.05, 3.63) is 28.7 Å². The quantitative estimate of drug-likeness (QED) is 0.751. The second-order valence-electron chi connectivity index (χ2n) is 3.71. The molecule has 0 fully saturated rings. The van der Waals surface area contributed by atoms with E-state index in [1.165, 1.54) is 23.8 Å². The molecule has 0 aliphatic rings. The van der Waals surface area contributed by atoms with Gasteiger partial charge in [-0.1, -0.05) is 0 Å². The standard InChI is InChI=1S/C11H10F2N4O3S/c12-11(13)20-7-1-2-21-9(7)10(19)14-5-8(18)17-6-3-15-16-4-6/h1-4,11H,5H2,(H,14,19)(H,15,16)(H,17,18). The first-order chi connectivity index (χ1) is 10.1. The molecule has 0 atom stereocenters. The Balaban J connectivity index is 1.87. The predicted octanol–water partition coefficient (Wildman–Crippen LogP) is 1.44. The number of hydrogen-bond acceptors (Lipinski definition) is 5. The lowest BCUT2D eigenvalue weighted by Gasteiger charge is -2.07. The van der Waals surface area contributed by atoms with E-state index < -0.39 is 18.4 Å². The highest BCUT2D eigenvalue weighted by molar-refractivity contribution is 7.12. The van der Waals surface area contributed by atoms with Crippen LogP contribution in [0.25, 0.3) is 0 Å². The second kappa shape index (κ2) is 6.79. The molecule has 2 aromatic heterocycles. The van der Waals surface area contributed by atoms with Gasteiger partial charge in [-0.05, 0) is 11.4 Å². The van der Waals surface area contributed by atoms with Gasteiger partial charge < -0.3 is 15.4 Å². The average Bonchev–Trinajstić information content (AvgIpc) is 3.07. The van der Waals surface area contributed by atoms with E-state index >= 15 is 0 Å². The number of ether oxygens (including phenoxy) is 1. The number of thiophene rings is 1. The summed E-state index contributed by atoms with van der Waals surface area (Å²) in [5.74, 6) is -1.36. The van der Waals surface area contributed by atoms with Gasteiger partial charge in [0.25, 0.3) is 5.91 Å². The number of H-pyrrole nitrogens is 1. The lowest BCUT2D eigenvalue weighted by atomic mass is 10.4. The summed E-state index contributed by atoms with van der Waals surface area (Å²) in [4.78, 5) is 23.3. The van der Waals surface area contributed by atoms with Crippen LogP contribution < -0.4 is 15.4 Å². The van der Waals surface area contributed by atoms with Gasteiger partial charge in [0, 0.05) is 6.20 Å². The van der Waals surface area contributed by atoms with Crippen molar-refractivity contribution in [2.45, 2.75) is 6.61 Å². The SMILES string of the molecule is O=C(CNC(=O)c1sccc1OC(F)F)Nc1cn[nH]c1. The fourth-order valence-electron chi connectivity index (χ4n) is 1.42. The number of nitrogens with zero attached hydrogens (tertiary/aromatic N) is 1. The number of rotatable bonds is 6. The number of carbonyl (C=O) groups is 2. The number of halogens is 2. The Morgan fingerprint density at radius 1 is 1.48 bits per heavy atom. The third-order valence-electron chi connectivity index (χ3n) is 2.24. The molecule has 7 nitrogen and oxygen atoms in total. The maximum absolute atomic E-state index is 12.1. The van der Waals surface area contributed by atoms with E-state index in [1.807, 2.05) is 0 Å². The Hall–Kier alpha value is -2.49. The fourth-order valence-corrected chi connectivity index (χ4v) is 2.16. The molecule has 0 saturated carbocycles. The van der Waals surface area contributed by atoms with Gasteiger partial charge in [-0.25, -0.2) is 0 Å². The smallest absolute Gasteiger partial charge is 0.387 e.